The summed E-state index contributed by atoms with van der Waals surface area (Å²) in [6.07, 6.45) is 0.369. The molecule has 0 saturated carbocycles. The molecule has 172 valence electrons. The maximum Gasteiger partial charge on any atom is 0.325 e. The van der Waals surface area contributed by atoms with Gasteiger partial charge in [0.05, 0.1) is 13.2 Å². The molecular weight excluding hydrogens is 454 g/mol. The van der Waals surface area contributed by atoms with E-state index in [9.17, 15) is 14.4 Å². The Morgan fingerprint density at radius 2 is 1.88 bits per heavy atom. The molecule has 34 heavy (non-hydrogen) atoms. The van der Waals surface area contributed by atoms with Gasteiger partial charge in [-0.25, -0.2) is 4.79 Å². The molecule has 0 radical (unpaired) electrons. The van der Waals surface area contributed by atoms with Crippen molar-refractivity contribution in [1.82, 2.24) is 10.2 Å². The van der Waals surface area contributed by atoms with Crippen molar-refractivity contribution in [3.63, 3.8) is 0 Å². The van der Waals surface area contributed by atoms with Crippen LogP contribution < -0.4 is 15.4 Å². The van der Waals surface area contributed by atoms with E-state index in [1.165, 1.54) is 4.90 Å². The third kappa shape index (κ3) is 3.78. The molecule has 1 spiro atoms. The highest BCUT2D eigenvalue weighted by atomic mass is 35.5. The molecule has 3 aromatic rings. The summed E-state index contributed by atoms with van der Waals surface area (Å²) in [6.45, 7) is 2.31. The van der Waals surface area contributed by atoms with Crippen LogP contribution in [0.15, 0.2) is 66.7 Å². The Morgan fingerprint density at radius 1 is 1.12 bits per heavy atom. The van der Waals surface area contributed by atoms with Crippen molar-refractivity contribution in [2.75, 3.05) is 11.9 Å². The first kappa shape index (κ1) is 22.0. The number of rotatable bonds is 4. The van der Waals surface area contributed by atoms with E-state index in [0.29, 0.717) is 40.6 Å². The molecule has 2 heterocycles. The SMILES string of the molecule is Cc1cc(NC(=O)c2ccc(CN3C(=O)NC4(CCOc5ccccc54)C3=O)cc2)ccc1Cl. The first-order valence-corrected chi connectivity index (χ1v) is 11.3. The van der Waals surface area contributed by atoms with Crippen molar-refractivity contribution < 1.29 is 19.1 Å². The van der Waals surface area contributed by atoms with Gasteiger partial charge in [-0.05, 0) is 54.4 Å². The van der Waals surface area contributed by atoms with Gasteiger partial charge in [-0.15, -0.1) is 0 Å². The number of aryl methyl sites for hydroxylation is 1. The number of carbonyl (C=O) groups excluding carboxylic acids is 3. The minimum Gasteiger partial charge on any atom is -0.493 e. The van der Waals surface area contributed by atoms with Crippen LogP contribution >= 0.6 is 11.6 Å². The molecule has 2 aliphatic heterocycles. The molecule has 1 saturated heterocycles. The number of anilines is 1. The second kappa shape index (κ2) is 8.50. The predicted octanol–water partition coefficient (Wildman–Crippen LogP) is 4.63. The van der Waals surface area contributed by atoms with Gasteiger partial charge in [-0.1, -0.05) is 41.9 Å². The number of hydrogen-bond donors (Lipinski definition) is 2. The topological polar surface area (TPSA) is 87.7 Å². The minimum atomic E-state index is -1.11. The van der Waals surface area contributed by atoms with Crippen LogP contribution in [-0.4, -0.2) is 29.4 Å². The van der Waals surface area contributed by atoms with Crippen molar-refractivity contribution in [3.8, 4) is 5.75 Å². The van der Waals surface area contributed by atoms with Gasteiger partial charge in [0, 0.05) is 28.3 Å². The number of ether oxygens (including phenoxy) is 1. The summed E-state index contributed by atoms with van der Waals surface area (Å²) in [5, 5.41) is 6.37. The van der Waals surface area contributed by atoms with Gasteiger partial charge < -0.3 is 15.4 Å². The molecule has 1 atom stereocenters. The van der Waals surface area contributed by atoms with Crippen LogP contribution in [0.5, 0.6) is 5.75 Å². The molecule has 1 unspecified atom stereocenters. The van der Waals surface area contributed by atoms with E-state index in [0.717, 1.165) is 11.1 Å². The van der Waals surface area contributed by atoms with E-state index in [1.54, 1.807) is 48.5 Å². The second-order valence-corrected chi connectivity index (χ2v) is 8.84. The lowest BCUT2D eigenvalue weighted by molar-refractivity contribution is -0.133. The van der Waals surface area contributed by atoms with Crippen molar-refractivity contribution in [1.29, 1.82) is 0 Å². The van der Waals surface area contributed by atoms with E-state index < -0.39 is 11.6 Å². The maximum atomic E-state index is 13.4. The molecule has 0 aliphatic carbocycles. The smallest absolute Gasteiger partial charge is 0.325 e. The monoisotopic (exact) mass is 475 g/mol. The fraction of sp³-hybridized carbons (Fsp3) is 0.192. The van der Waals surface area contributed by atoms with Crippen LogP contribution in [-0.2, 0) is 16.9 Å². The van der Waals surface area contributed by atoms with E-state index in [4.69, 9.17) is 16.3 Å². The van der Waals surface area contributed by atoms with Crippen LogP contribution in [0.25, 0.3) is 0 Å². The minimum absolute atomic E-state index is 0.105. The summed E-state index contributed by atoms with van der Waals surface area (Å²) in [4.78, 5) is 40.0. The summed E-state index contributed by atoms with van der Waals surface area (Å²) < 4.78 is 5.67. The van der Waals surface area contributed by atoms with Gasteiger partial charge in [0.2, 0.25) is 0 Å². The Labute approximate surface area is 201 Å². The van der Waals surface area contributed by atoms with Crippen LogP contribution in [0, 0.1) is 6.92 Å². The van der Waals surface area contributed by atoms with Crippen LogP contribution in [0.1, 0.15) is 33.5 Å². The lowest BCUT2D eigenvalue weighted by Gasteiger charge is -2.33. The van der Waals surface area contributed by atoms with E-state index >= 15 is 0 Å². The molecule has 2 N–H and O–H groups in total. The van der Waals surface area contributed by atoms with Crippen molar-refractivity contribution >= 4 is 35.1 Å². The number of urea groups is 1. The summed E-state index contributed by atoms with van der Waals surface area (Å²) >= 11 is 6.04. The average molecular weight is 476 g/mol. The Balaban J connectivity index is 1.31. The van der Waals surface area contributed by atoms with Gasteiger partial charge in [-0.3, -0.25) is 14.5 Å². The third-order valence-electron chi connectivity index (χ3n) is 6.23. The van der Waals surface area contributed by atoms with Gasteiger partial charge in [-0.2, -0.15) is 0 Å². The molecule has 3 aromatic carbocycles. The van der Waals surface area contributed by atoms with E-state index in [-0.39, 0.29) is 18.4 Å². The fourth-order valence-electron chi connectivity index (χ4n) is 4.39. The average Bonchev–Trinajstić information content (AvgIpc) is 3.07. The molecule has 7 nitrogen and oxygen atoms in total. The Morgan fingerprint density at radius 3 is 2.65 bits per heavy atom. The summed E-state index contributed by atoms with van der Waals surface area (Å²) in [6, 6.07) is 18.9. The normalized spacial score (nSPS) is 18.9. The third-order valence-corrected chi connectivity index (χ3v) is 6.65. The zero-order chi connectivity index (χ0) is 23.9. The second-order valence-electron chi connectivity index (χ2n) is 8.44. The fourth-order valence-corrected chi connectivity index (χ4v) is 4.50. The molecule has 8 heteroatoms. The molecule has 1 fully saturated rings. The number of fused-ring (bicyclic) bond motifs is 2. The van der Waals surface area contributed by atoms with Crippen LogP contribution in [0.2, 0.25) is 5.02 Å². The molecule has 2 aliphatic rings. The zero-order valence-electron chi connectivity index (χ0n) is 18.4. The highest BCUT2D eigenvalue weighted by molar-refractivity contribution is 6.31. The molecule has 5 rings (SSSR count). The van der Waals surface area contributed by atoms with Crippen molar-refractivity contribution in [2.45, 2.75) is 25.4 Å². The van der Waals surface area contributed by atoms with Crippen molar-refractivity contribution in [2.24, 2.45) is 0 Å². The number of hydrogen-bond acceptors (Lipinski definition) is 4. The van der Waals surface area contributed by atoms with Gasteiger partial charge in [0.25, 0.3) is 11.8 Å². The largest absolute Gasteiger partial charge is 0.493 e. The Kier molecular flexibility index (Phi) is 5.49. The number of imide groups is 1. The number of nitrogens with one attached hydrogen (secondary N) is 2. The molecule has 0 bridgehead atoms. The predicted molar refractivity (Wildman–Crippen MR) is 128 cm³/mol. The van der Waals surface area contributed by atoms with Crippen molar-refractivity contribution in [3.05, 3.63) is 94.0 Å². The van der Waals surface area contributed by atoms with Gasteiger partial charge in [0.15, 0.2) is 5.54 Å². The first-order valence-electron chi connectivity index (χ1n) is 10.9. The summed E-state index contributed by atoms with van der Waals surface area (Å²) in [5.74, 6) is 0.0460. The lowest BCUT2D eigenvalue weighted by Crippen LogP contribution is -2.47. The van der Waals surface area contributed by atoms with Gasteiger partial charge in [0.1, 0.15) is 5.75 Å². The first-order chi connectivity index (χ1) is 16.4. The molecular formula is C26H22ClN3O4. The Hall–Kier alpha value is -3.84. The summed E-state index contributed by atoms with van der Waals surface area (Å²) in [5.41, 5.74) is 2.28. The number of halogens is 1. The highest BCUT2D eigenvalue weighted by Gasteiger charge is 2.54. The number of amides is 4. The van der Waals surface area contributed by atoms with Crippen LogP contribution in [0.3, 0.4) is 0 Å². The lowest BCUT2D eigenvalue weighted by atomic mass is 9.84. The van der Waals surface area contributed by atoms with Crippen LogP contribution in [0.4, 0.5) is 10.5 Å². The molecule has 0 aromatic heterocycles. The van der Waals surface area contributed by atoms with E-state index in [2.05, 4.69) is 10.6 Å². The van der Waals surface area contributed by atoms with E-state index in [1.807, 2.05) is 25.1 Å². The number of benzene rings is 3. The standard InChI is InChI=1S/C26H22ClN3O4/c1-16-14-19(10-11-21(16)27)28-23(31)18-8-6-17(7-9-18)15-30-24(32)26(29-25(30)33)12-13-34-22-5-3-2-4-20(22)26/h2-11,14H,12-13,15H2,1H3,(H,28,31)(H,29,33). The summed E-state index contributed by atoms with van der Waals surface area (Å²) in [7, 11) is 0. The quantitative estimate of drug-likeness (QED) is 0.538. The Bertz CT molecular complexity index is 1310. The zero-order valence-corrected chi connectivity index (χ0v) is 19.2. The maximum absolute atomic E-state index is 13.4. The highest BCUT2D eigenvalue weighted by Crippen LogP contribution is 2.41. The van der Waals surface area contributed by atoms with Gasteiger partial charge >= 0.3 is 6.03 Å². The number of carbonyl (C=O) groups is 3. The number of nitrogens with zero attached hydrogens (tertiary/aromatic N) is 1. The molecule has 4 amide bonds. The number of para-hydroxylation sites is 1.